The average Bonchev–Trinajstić information content (AvgIpc) is 3.35. The number of hydrogen-bond donors (Lipinski definition) is 1. The zero-order chi connectivity index (χ0) is 24.2. The van der Waals surface area contributed by atoms with E-state index in [4.69, 9.17) is 0 Å². The van der Waals surface area contributed by atoms with E-state index in [-0.39, 0.29) is 23.7 Å². The fourth-order valence-electron chi connectivity index (χ4n) is 3.94. The number of nitrogens with one attached hydrogen (secondary N) is 1. The molecule has 1 aliphatic rings. The molecule has 178 valence electrons. The number of urea groups is 1. The van der Waals surface area contributed by atoms with Crippen LogP contribution >= 0.6 is 0 Å². The highest BCUT2D eigenvalue weighted by atomic mass is 16.2. The Morgan fingerprint density at radius 3 is 2.71 bits per heavy atom. The van der Waals surface area contributed by atoms with Crippen LogP contribution in [0.5, 0.6) is 0 Å². The second-order valence-corrected chi connectivity index (χ2v) is 8.37. The van der Waals surface area contributed by atoms with Gasteiger partial charge >= 0.3 is 6.03 Å². The van der Waals surface area contributed by atoms with E-state index in [1.165, 1.54) is 0 Å². The predicted octanol–water partition coefficient (Wildman–Crippen LogP) is 2.78. The Balaban J connectivity index is 1.50. The van der Waals surface area contributed by atoms with E-state index in [9.17, 15) is 9.59 Å². The Kier molecular flexibility index (Phi) is 6.80. The quantitative estimate of drug-likeness (QED) is 0.596. The highest BCUT2D eigenvalue weighted by molar-refractivity contribution is 6.02. The standard InChI is InChI=1S/C23H29N9O2/c1-5-30(6-2)23(34)31-11-10-16-13-24-19(12-17(16)14-31)22(33)26-20-9-7-8-18(25-20)21-27-28-29-32(21)15(3)4/h7-9,12-13,15H,5-6,10-11,14H2,1-4H3,(H,25,26,33). The SMILES string of the molecule is CCN(CC)C(=O)N1CCc2cnc(C(=O)Nc3cccc(-c4nnnn4C(C)C)n3)cc2C1. The Hall–Kier alpha value is -3.89. The van der Waals surface area contributed by atoms with E-state index < -0.39 is 0 Å². The van der Waals surface area contributed by atoms with Crippen molar-refractivity contribution in [1.29, 1.82) is 0 Å². The van der Waals surface area contributed by atoms with Crippen LogP contribution in [0.15, 0.2) is 30.5 Å². The smallest absolute Gasteiger partial charge is 0.320 e. The summed E-state index contributed by atoms with van der Waals surface area (Å²) in [6.45, 7) is 10.3. The summed E-state index contributed by atoms with van der Waals surface area (Å²) in [7, 11) is 0. The fourth-order valence-corrected chi connectivity index (χ4v) is 3.94. The Bertz CT molecular complexity index is 1190. The van der Waals surface area contributed by atoms with E-state index in [1.54, 1.807) is 40.0 Å². The second kappa shape index (κ2) is 9.94. The van der Waals surface area contributed by atoms with Crippen LogP contribution in [0.1, 0.15) is 55.4 Å². The molecule has 3 aromatic heterocycles. The summed E-state index contributed by atoms with van der Waals surface area (Å²) in [6, 6.07) is 7.12. The lowest BCUT2D eigenvalue weighted by molar-refractivity contribution is 0.102. The predicted molar refractivity (Wildman–Crippen MR) is 126 cm³/mol. The summed E-state index contributed by atoms with van der Waals surface area (Å²) in [6.07, 6.45) is 2.44. The Morgan fingerprint density at radius 2 is 1.97 bits per heavy atom. The van der Waals surface area contributed by atoms with Crippen molar-refractivity contribution in [2.45, 2.75) is 46.7 Å². The number of aromatic nitrogens is 6. The molecule has 0 unspecified atom stereocenters. The number of fused-ring (bicyclic) bond motifs is 1. The van der Waals surface area contributed by atoms with Crippen molar-refractivity contribution < 1.29 is 9.59 Å². The molecular weight excluding hydrogens is 434 g/mol. The largest absolute Gasteiger partial charge is 0.325 e. The number of anilines is 1. The van der Waals surface area contributed by atoms with Crippen LogP contribution in [-0.2, 0) is 13.0 Å². The van der Waals surface area contributed by atoms with Gasteiger partial charge in [-0.1, -0.05) is 6.07 Å². The molecule has 0 bridgehead atoms. The number of pyridine rings is 2. The number of hydrogen-bond acceptors (Lipinski definition) is 7. The van der Waals surface area contributed by atoms with E-state index in [0.29, 0.717) is 49.9 Å². The lowest BCUT2D eigenvalue weighted by Gasteiger charge is -2.33. The molecule has 0 radical (unpaired) electrons. The molecule has 1 N–H and O–H groups in total. The van der Waals surface area contributed by atoms with Crippen LogP contribution in [0, 0.1) is 0 Å². The van der Waals surface area contributed by atoms with Crippen molar-refractivity contribution in [3.63, 3.8) is 0 Å². The number of rotatable bonds is 6. The molecule has 11 nitrogen and oxygen atoms in total. The number of carbonyl (C=O) groups excluding carboxylic acids is 2. The van der Waals surface area contributed by atoms with Crippen LogP contribution in [0.25, 0.3) is 11.5 Å². The summed E-state index contributed by atoms with van der Waals surface area (Å²) >= 11 is 0. The monoisotopic (exact) mass is 463 g/mol. The van der Waals surface area contributed by atoms with Crippen molar-refractivity contribution >= 4 is 17.8 Å². The van der Waals surface area contributed by atoms with Crippen molar-refractivity contribution in [3.05, 3.63) is 47.3 Å². The minimum absolute atomic E-state index is 0.0169. The van der Waals surface area contributed by atoms with Gasteiger partial charge in [-0.25, -0.2) is 14.5 Å². The third-order valence-corrected chi connectivity index (χ3v) is 5.83. The third kappa shape index (κ3) is 4.73. The van der Waals surface area contributed by atoms with Gasteiger partial charge in [0, 0.05) is 32.4 Å². The molecule has 0 fully saturated rings. The molecule has 0 aliphatic carbocycles. The molecule has 3 aromatic rings. The second-order valence-electron chi connectivity index (χ2n) is 8.37. The normalized spacial score (nSPS) is 13.0. The fraction of sp³-hybridized carbons (Fsp3) is 0.435. The van der Waals surface area contributed by atoms with Gasteiger partial charge in [0.15, 0.2) is 0 Å². The van der Waals surface area contributed by atoms with Gasteiger partial charge in [0.2, 0.25) is 5.82 Å². The van der Waals surface area contributed by atoms with Gasteiger partial charge in [-0.05, 0) is 73.9 Å². The van der Waals surface area contributed by atoms with Crippen LogP contribution in [0.3, 0.4) is 0 Å². The zero-order valence-electron chi connectivity index (χ0n) is 19.9. The first-order valence-electron chi connectivity index (χ1n) is 11.5. The minimum atomic E-state index is -0.372. The lowest BCUT2D eigenvalue weighted by Crippen LogP contribution is -2.45. The van der Waals surface area contributed by atoms with Gasteiger partial charge in [-0.2, -0.15) is 0 Å². The van der Waals surface area contributed by atoms with Gasteiger partial charge in [0.05, 0.1) is 6.04 Å². The van der Waals surface area contributed by atoms with Crippen LogP contribution in [-0.4, -0.2) is 71.5 Å². The number of nitrogens with zero attached hydrogens (tertiary/aromatic N) is 8. The molecule has 0 saturated carbocycles. The zero-order valence-corrected chi connectivity index (χ0v) is 19.9. The molecule has 34 heavy (non-hydrogen) atoms. The van der Waals surface area contributed by atoms with Crippen molar-refractivity contribution in [2.75, 3.05) is 25.0 Å². The van der Waals surface area contributed by atoms with Crippen LogP contribution < -0.4 is 5.32 Å². The number of amides is 3. The van der Waals surface area contributed by atoms with E-state index >= 15 is 0 Å². The molecule has 0 saturated heterocycles. The number of tetrazole rings is 1. The van der Waals surface area contributed by atoms with Gasteiger partial charge < -0.3 is 15.1 Å². The molecular formula is C23H29N9O2. The summed E-state index contributed by atoms with van der Waals surface area (Å²) in [4.78, 5) is 38.2. The van der Waals surface area contributed by atoms with Gasteiger partial charge in [-0.3, -0.25) is 9.78 Å². The van der Waals surface area contributed by atoms with Gasteiger partial charge in [-0.15, -0.1) is 5.10 Å². The first-order valence-corrected chi connectivity index (χ1v) is 11.5. The van der Waals surface area contributed by atoms with Crippen molar-refractivity contribution in [3.8, 4) is 11.5 Å². The lowest BCUT2D eigenvalue weighted by atomic mass is 10.0. The first-order chi connectivity index (χ1) is 16.4. The van der Waals surface area contributed by atoms with Crippen LogP contribution in [0.2, 0.25) is 0 Å². The third-order valence-electron chi connectivity index (χ3n) is 5.83. The molecule has 4 rings (SSSR count). The van der Waals surface area contributed by atoms with Gasteiger partial charge in [0.25, 0.3) is 5.91 Å². The minimum Gasteiger partial charge on any atom is -0.325 e. The number of carbonyl (C=O) groups is 2. The molecule has 11 heteroatoms. The molecule has 4 heterocycles. The van der Waals surface area contributed by atoms with E-state index in [1.807, 2.05) is 32.6 Å². The molecule has 0 aromatic carbocycles. The maximum atomic E-state index is 12.9. The maximum absolute atomic E-state index is 12.9. The van der Waals surface area contributed by atoms with Crippen LogP contribution in [0.4, 0.5) is 10.6 Å². The molecule has 0 spiro atoms. The first kappa shape index (κ1) is 23.3. The average molecular weight is 464 g/mol. The summed E-state index contributed by atoms with van der Waals surface area (Å²) < 4.78 is 1.67. The van der Waals surface area contributed by atoms with E-state index in [0.717, 1.165) is 11.1 Å². The molecule has 0 atom stereocenters. The maximum Gasteiger partial charge on any atom is 0.320 e. The summed E-state index contributed by atoms with van der Waals surface area (Å²) in [5.41, 5.74) is 2.82. The summed E-state index contributed by atoms with van der Waals surface area (Å²) in [5.74, 6) is 0.526. The van der Waals surface area contributed by atoms with E-state index in [2.05, 4.69) is 30.8 Å². The Morgan fingerprint density at radius 1 is 1.18 bits per heavy atom. The Labute approximate surface area is 198 Å². The van der Waals surface area contributed by atoms with Crippen molar-refractivity contribution in [1.82, 2.24) is 40.0 Å². The molecule has 1 aliphatic heterocycles. The molecule has 3 amide bonds. The summed E-state index contributed by atoms with van der Waals surface area (Å²) in [5, 5.41) is 14.6. The highest BCUT2D eigenvalue weighted by Crippen LogP contribution is 2.22. The topological polar surface area (TPSA) is 122 Å². The van der Waals surface area contributed by atoms with Crippen molar-refractivity contribution in [2.24, 2.45) is 0 Å². The van der Waals surface area contributed by atoms with Gasteiger partial charge in [0.1, 0.15) is 17.2 Å². The highest BCUT2D eigenvalue weighted by Gasteiger charge is 2.25.